The molecule has 3 aromatic carbocycles. The van der Waals surface area contributed by atoms with Crippen molar-refractivity contribution in [1.82, 2.24) is 0 Å². The minimum absolute atomic E-state index is 0.102. The van der Waals surface area contributed by atoms with Crippen LogP contribution >= 0.6 is 0 Å². The van der Waals surface area contributed by atoms with Gasteiger partial charge in [0, 0.05) is 37.6 Å². The molecule has 0 bridgehead atoms. The number of nitrogens with zero attached hydrogens (tertiary/aromatic N) is 1. The summed E-state index contributed by atoms with van der Waals surface area (Å²) in [6.07, 6.45) is 0. The Hall–Kier alpha value is -4.40. The van der Waals surface area contributed by atoms with Crippen LogP contribution in [0.4, 0.5) is 11.4 Å². The highest BCUT2D eigenvalue weighted by Gasteiger charge is 2.35. The van der Waals surface area contributed by atoms with Crippen LogP contribution in [0.15, 0.2) is 42.5 Å². The first-order valence-electron chi connectivity index (χ1n) is 9.50. The number of amides is 1. The second-order valence-electron chi connectivity index (χ2n) is 7.00. The highest BCUT2D eigenvalue weighted by molar-refractivity contribution is 6.14. The monoisotopic (exact) mass is 435 g/mol. The van der Waals surface area contributed by atoms with Gasteiger partial charge in [0.15, 0.2) is 11.5 Å². The predicted octanol–water partition coefficient (Wildman–Crippen LogP) is 4.18. The number of carbonyl (C=O) groups excluding carboxylic acids is 3. The molecule has 1 aliphatic rings. The van der Waals surface area contributed by atoms with Crippen LogP contribution in [-0.4, -0.2) is 28.9 Å². The summed E-state index contributed by atoms with van der Waals surface area (Å²) >= 11 is 0. The van der Waals surface area contributed by atoms with Gasteiger partial charge in [-0.1, -0.05) is 24.3 Å². The summed E-state index contributed by atoms with van der Waals surface area (Å²) in [6, 6.07) is 11.1. The largest absolute Gasteiger partial charge is 0.477 e. The molecule has 0 unspecified atom stereocenters. The van der Waals surface area contributed by atoms with Gasteiger partial charge in [-0.2, -0.15) is 0 Å². The molecule has 0 radical (unpaired) electrons. The van der Waals surface area contributed by atoms with Gasteiger partial charge in [0.25, 0.3) is 0 Å². The highest BCUT2D eigenvalue weighted by Crippen LogP contribution is 2.54. The van der Waals surface area contributed by atoms with E-state index in [1.54, 1.807) is 24.3 Å². The zero-order chi connectivity index (χ0) is 23.2. The number of hydrogen-bond donors (Lipinski definition) is 1. The molecule has 0 saturated carbocycles. The van der Waals surface area contributed by atoms with E-state index < -0.39 is 29.4 Å². The molecule has 0 atom stereocenters. The molecule has 32 heavy (non-hydrogen) atoms. The quantitative estimate of drug-likeness (QED) is 0.481. The second-order valence-corrected chi connectivity index (χ2v) is 7.00. The van der Waals surface area contributed by atoms with Crippen molar-refractivity contribution >= 4 is 46.0 Å². The van der Waals surface area contributed by atoms with Gasteiger partial charge in [0.05, 0.1) is 11.4 Å². The smallest absolute Gasteiger partial charge is 0.343 e. The molecule has 0 fully saturated rings. The molecule has 0 spiro atoms. The summed E-state index contributed by atoms with van der Waals surface area (Å²) in [6.45, 7) is 3.72. The maximum Gasteiger partial charge on any atom is 0.343 e. The average Bonchev–Trinajstić information content (AvgIpc) is 2.70. The van der Waals surface area contributed by atoms with Crippen molar-refractivity contribution in [3.05, 3.63) is 48.0 Å². The molecule has 162 valence electrons. The van der Waals surface area contributed by atoms with Crippen LogP contribution in [0.25, 0.3) is 10.8 Å². The molecule has 1 aliphatic heterocycles. The van der Waals surface area contributed by atoms with Crippen LogP contribution in [0.2, 0.25) is 0 Å². The molecule has 4 rings (SSSR count). The number of anilines is 2. The minimum atomic E-state index is -1.41. The van der Waals surface area contributed by atoms with Gasteiger partial charge in [0.2, 0.25) is 5.91 Å². The van der Waals surface area contributed by atoms with E-state index in [9.17, 15) is 24.3 Å². The zero-order valence-electron chi connectivity index (χ0n) is 17.3. The topological polar surface area (TPSA) is 119 Å². The molecule has 1 N–H and O–H groups in total. The minimum Gasteiger partial charge on any atom is -0.477 e. The van der Waals surface area contributed by atoms with Crippen LogP contribution in [0.5, 0.6) is 23.0 Å². The summed E-state index contributed by atoms with van der Waals surface area (Å²) in [5, 5.41) is 10.9. The summed E-state index contributed by atoms with van der Waals surface area (Å²) in [5.41, 5.74) is 0.119. The fourth-order valence-electron chi connectivity index (χ4n) is 3.68. The van der Waals surface area contributed by atoms with E-state index in [-0.39, 0.29) is 28.7 Å². The highest BCUT2D eigenvalue weighted by atomic mass is 16.5. The number of carbonyl (C=O) groups is 4. The second kappa shape index (κ2) is 7.69. The number of benzene rings is 3. The van der Waals surface area contributed by atoms with Gasteiger partial charge < -0.3 is 19.3 Å². The van der Waals surface area contributed by atoms with E-state index in [1.165, 1.54) is 36.9 Å². The normalized spacial score (nSPS) is 11.8. The maximum atomic E-state index is 12.7. The van der Waals surface area contributed by atoms with Gasteiger partial charge in [-0.3, -0.25) is 19.3 Å². The molecule has 1 heterocycles. The van der Waals surface area contributed by atoms with Crippen LogP contribution in [-0.2, 0) is 14.4 Å². The summed E-state index contributed by atoms with van der Waals surface area (Å²) in [7, 11) is 0. The lowest BCUT2D eigenvalue weighted by Crippen LogP contribution is -2.27. The van der Waals surface area contributed by atoms with Crippen molar-refractivity contribution in [3.8, 4) is 23.0 Å². The molecule has 0 aromatic heterocycles. The predicted molar refractivity (Wildman–Crippen MR) is 113 cm³/mol. The first kappa shape index (κ1) is 20.9. The Kier molecular flexibility index (Phi) is 5.01. The fourth-order valence-corrected chi connectivity index (χ4v) is 3.68. The summed E-state index contributed by atoms with van der Waals surface area (Å²) in [4.78, 5) is 49.2. The number of carboxylic acids is 1. The van der Waals surface area contributed by atoms with E-state index in [0.717, 1.165) is 6.92 Å². The SMILES string of the molecule is CC(=O)Oc1ccc2c(c1C(=O)O)Oc1cc(OC(C)=O)c3ccccc3c1N2C(C)=O. The first-order chi connectivity index (χ1) is 15.2. The first-order valence-corrected chi connectivity index (χ1v) is 9.50. The Morgan fingerprint density at radius 2 is 1.50 bits per heavy atom. The number of fused-ring (bicyclic) bond motifs is 4. The standard InChI is InChI=1S/C23H17NO8/c1-11(25)24-16-8-9-17(30-12(2)26)20(23(28)29)22(16)32-19-10-18(31-13(3)27)14-6-4-5-7-15(14)21(19)24/h4-10H,1-3H3,(H,28,29). The number of aromatic carboxylic acids is 1. The molecule has 9 nitrogen and oxygen atoms in total. The summed E-state index contributed by atoms with van der Waals surface area (Å²) in [5.74, 6) is -3.20. The molecular formula is C23H17NO8. The van der Waals surface area contributed by atoms with Crippen LogP contribution in [0, 0.1) is 0 Å². The van der Waals surface area contributed by atoms with E-state index in [1.807, 2.05) is 0 Å². The fraction of sp³-hybridized carbons (Fsp3) is 0.130. The van der Waals surface area contributed by atoms with Gasteiger partial charge >= 0.3 is 17.9 Å². The molecule has 3 aromatic rings. The third kappa shape index (κ3) is 3.39. The molecular weight excluding hydrogens is 418 g/mol. The Labute approximate surface area is 181 Å². The third-order valence-corrected chi connectivity index (χ3v) is 4.75. The lowest BCUT2D eigenvalue weighted by Gasteiger charge is -2.33. The Balaban J connectivity index is 2.05. The van der Waals surface area contributed by atoms with E-state index >= 15 is 0 Å². The molecule has 0 aliphatic carbocycles. The lowest BCUT2D eigenvalue weighted by atomic mass is 10.0. The van der Waals surface area contributed by atoms with Gasteiger partial charge in [0.1, 0.15) is 17.1 Å². The molecule has 0 saturated heterocycles. The molecule has 1 amide bonds. The third-order valence-electron chi connectivity index (χ3n) is 4.75. The lowest BCUT2D eigenvalue weighted by molar-refractivity contribution is -0.132. The van der Waals surface area contributed by atoms with Crippen LogP contribution < -0.4 is 19.1 Å². The number of ether oxygens (including phenoxy) is 3. The van der Waals surface area contributed by atoms with Crippen molar-refractivity contribution in [1.29, 1.82) is 0 Å². The van der Waals surface area contributed by atoms with Crippen molar-refractivity contribution in [3.63, 3.8) is 0 Å². The van der Waals surface area contributed by atoms with Gasteiger partial charge in [-0.15, -0.1) is 0 Å². The van der Waals surface area contributed by atoms with Gasteiger partial charge in [-0.05, 0) is 12.1 Å². The van der Waals surface area contributed by atoms with Crippen LogP contribution in [0.3, 0.4) is 0 Å². The summed E-state index contributed by atoms with van der Waals surface area (Å²) < 4.78 is 16.3. The van der Waals surface area contributed by atoms with Crippen LogP contribution in [0.1, 0.15) is 31.1 Å². The number of hydrogen-bond acceptors (Lipinski definition) is 7. The van der Waals surface area contributed by atoms with E-state index in [4.69, 9.17) is 14.2 Å². The number of rotatable bonds is 3. The van der Waals surface area contributed by atoms with Crippen molar-refractivity contribution in [2.45, 2.75) is 20.8 Å². The van der Waals surface area contributed by atoms with E-state index in [0.29, 0.717) is 16.5 Å². The maximum absolute atomic E-state index is 12.7. The number of carboxylic acid groups (broad SMARTS) is 1. The Morgan fingerprint density at radius 1 is 0.875 bits per heavy atom. The van der Waals surface area contributed by atoms with Gasteiger partial charge in [-0.25, -0.2) is 4.79 Å². The Morgan fingerprint density at radius 3 is 2.09 bits per heavy atom. The van der Waals surface area contributed by atoms with Crippen molar-refractivity contribution in [2.75, 3.05) is 4.90 Å². The van der Waals surface area contributed by atoms with E-state index in [2.05, 4.69) is 0 Å². The zero-order valence-corrected chi connectivity index (χ0v) is 17.3. The Bertz CT molecular complexity index is 1330. The average molecular weight is 435 g/mol. The van der Waals surface area contributed by atoms with Crippen molar-refractivity contribution < 1.29 is 38.5 Å². The van der Waals surface area contributed by atoms with Crippen molar-refractivity contribution in [2.24, 2.45) is 0 Å². The number of esters is 2. The molecule has 9 heteroatoms.